The van der Waals surface area contributed by atoms with Gasteiger partial charge in [-0.2, -0.15) is 0 Å². The van der Waals surface area contributed by atoms with Crippen molar-refractivity contribution in [2.45, 2.75) is 46.3 Å². The molecular weight excluding hydrogens is 428 g/mol. The quantitative estimate of drug-likeness (QED) is 0.362. The summed E-state index contributed by atoms with van der Waals surface area (Å²) in [4.78, 5) is 17.9. The number of hydrogen-bond donors (Lipinski definition) is 1. The number of ether oxygens (including phenoxy) is 1. The standard InChI is InChI=1S/C25H28N2O2S.ClH/c1-15(2)27(16(3)4)14-17-6-8-18(9-7-17)22-21(29-5)11-10-20-23(22)19-12-13-30-24(19)25(28)26-20;/h6-13,15-16H,14H2,1-5H3,(H,26,28);1H. The Morgan fingerprint density at radius 1 is 1.00 bits per heavy atom. The van der Waals surface area contributed by atoms with E-state index in [0.717, 1.165) is 44.4 Å². The molecule has 31 heavy (non-hydrogen) atoms. The van der Waals surface area contributed by atoms with Crippen LogP contribution in [0.25, 0.3) is 32.1 Å². The SMILES string of the molecule is COc1ccc2[nH]c(=O)c3sccc3c2c1-c1ccc(CN(C(C)C)C(C)C)cc1.Cl. The van der Waals surface area contributed by atoms with Crippen molar-refractivity contribution in [1.29, 1.82) is 0 Å². The van der Waals surface area contributed by atoms with Gasteiger partial charge in [0.1, 0.15) is 10.4 Å². The van der Waals surface area contributed by atoms with Crippen LogP contribution >= 0.6 is 23.7 Å². The molecule has 2 heterocycles. The summed E-state index contributed by atoms with van der Waals surface area (Å²) in [5, 5.41) is 3.98. The van der Waals surface area contributed by atoms with Crippen LogP contribution in [-0.4, -0.2) is 29.1 Å². The maximum absolute atomic E-state index is 12.4. The number of pyridine rings is 1. The molecule has 0 amide bonds. The second kappa shape index (κ2) is 9.43. The van der Waals surface area contributed by atoms with Gasteiger partial charge in [0.15, 0.2) is 0 Å². The normalized spacial score (nSPS) is 11.6. The molecular formula is C25H29ClN2O2S. The number of H-pyrrole nitrogens is 1. The molecule has 2 aromatic carbocycles. The highest BCUT2D eigenvalue weighted by Crippen LogP contribution is 2.40. The van der Waals surface area contributed by atoms with Gasteiger partial charge in [-0.05, 0) is 62.4 Å². The van der Waals surface area contributed by atoms with Crippen LogP contribution < -0.4 is 10.3 Å². The smallest absolute Gasteiger partial charge is 0.266 e. The van der Waals surface area contributed by atoms with Crippen molar-refractivity contribution in [3.05, 3.63) is 63.8 Å². The van der Waals surface area contributed by atoms with Gasteiger partial charge in [-0.15, -0.1) is 23.7 Å². The lowest BCUT2D eigenvalue weighted by Gasteiger charge is -2.30. The number of thiophene rings is 1. The first kappa shape index (κ1) is 23.3. The average molecular weight is 457 g/mol. The molecule has 4 nitrogen and oxygen atoms in total. The van der Waals surface area contributed by atoms with Gasteiger partial charge in [-0.3, -0.25) is 9.69 Å². The molecule has 0 aliphatic carbocycles. The fraction of sp³-hybridized carbons (Fsp3) is 0.320. The molecule has 4 rings (SSSR count). The van der Waals surface area contributed by atoms with Crippen molar-refractivity contribution in [2.75, 3.05) is 7.11 Å². The number of methoxy groups -OCH3 is 1. The van der Waals surface area contributed by atoms with E-state index in [9.17, 15) is 4.79 Å². The maximum atomic E-state index is 12.4. The molecule has 1 N–H and O–H groups in total. The van der Waals surface area contributed by atoms with Crippen LogP contribution in [0, 0.1) is 0 Å². The molecule has 164 valence electrons. The average Bonchev–Trinajstić information content (AvgIpc) is 3.22. The van der Waals surface area contributed by atoms with Crippen molar-refractivity contribution in [2.24, 2.45) is 0 Å². The topological polar surface area (TPSA) is 45.3 Å². The van der Waals surface area contributed by atoms with E-state index in [-0.39, 0.29) is 18.0 Å². The van der Waals surface area contributed by atoms with Gasteiger partial charge in [-0.25, -0.2) is 0 Å². The van der Waals surface area contributed by atoms with Crippen LogP contribution in [0.2, 0.25) is 0 Å². The highest BCUT2D eigenvalue weighted by molar-refractivity contribution is 7.17. The third-order valence-electron chi connectivity index (χ3n) is 5.71. The monoisotopic (exact) mass is 456 g/mol. The van der Waals surface area contributed by atoms with Crippen molar-refractivity contribution in [3.63, 3.8) is 0 Å². The summed E-state index contributed by atoms with van der Waals surface area (Å²) in [5.74, 6) is 0.806. The number of aromatic amines is 1. The molecule has 4 aromatic rings. The minimum atomic E-state index is -0.0403. The number of benzene rings is 2. The zero-order chi connectivity index (χ0) is 21.4. The third-order valence-corrected chi connectivity index (χ3v) is 6.62. The van der Waals surface area contributed by atoms with E-state index in [1.165, 1.54) is 16.9 Å². The summed E-state index contributed by atoms with van der Waals surface area (Å²) in [6.45, 7) is 9.87. The number of aromatic nitrogens is 1. The summed E-state index contributed by atoms with van der Waals surface area (Å²) in [6.07, 6.45) is 0. The lowest BCUT2D eigenvalue weighted by Crippen LogP contribution is -2.36. The van der Waals surface area contributed by atoms with Crippen LogP contribution in [0.5, 0.6) is 5.75 Å². The van der Waals surface area contributed by atoms with Gasteiger partial charge >= 0.3 is 0 Å². The van der Waals surface area contributed by atoms with Gasteiger partial charge < -0.3 is 9.72 Å². The van der Waals surface area contributed by atoms with Crippen LogP contribution in [0.4, 0.5) is 0 Å². The second-order valence-corrected chi connectivity index (χ2v) is 9.16. The Bertz CT molecular complexity index is 1230. The van der Waals surface area contributed by atoms with Crippen LogP contribution in [0.1, 0.15) is 33.3 Å². The molecule has 0 radical (unpaired) electrons. The van der Waals surface area contributed by atoms with E-state index in [2.05, 4.69) is 61.8 Å². The minimum absolute atomic E-state index is 0. The van der Waals surface area contributed by atoms with Gasteiger partial charge in [-0.1, -0.05) is 24.3 Å². The molecule has 0 unspecified atom stereocenters. The van der Waals surface area contributed by atoms with E-state index in [1.54, 1.807) is 7.11 Å². The highest BCUT2D eigenvalue weighted by atomic mass is 35.5. The van der Waals surface area contributed by atoms with Gasteiger partial charge in [0.2, 0.25) is 0 Å². The van der Waals surface area contributed by atoms with Crippen molar-refractivity contribution in [1.82, 2.24) is 9.88 Å². The number of hydrogen-bond acceptors (Lipinski definition) is 4. The largest absolute Gasteiger partial charge is 0.496 e. The summed E-state index contributed by atoms with van der Waals surface area (Å²) in [7, 11) is 1.69. The fourth-order valence-corrected chi connectivity index (χ4v) is 5.03. The second-order valence-electron chi connectivity index (χ2n) is 8.24. The zero-order valence-electron chi connectivity index (χ0n) is 18.6. The van der Waals surface area contributed by atoms with E-state index in [1.807, 2.05) is 23.6 Å². The molecule has 0 spiro atoms. The number of halogens is 1. The van der Waals surface area contributed by atoms with Crippen LogP contribution in [-0.2, 0) is 6.54 Å². The molecule has 2 aromatic heterocycles. The summed E-state index contributed by atoms with van der Waals surface area (Å²) < 4.78 is 6.47. The summed E-state index contributed by atoms with van der Waals surface area (Å²) in [6, 6.07) is 15.6. The third kappa shape index (κ3) is 4.36. The molecule has 0 saturated heterocycles. The van der Waals surface area contributed by atoms with Crippen LogP contribution in [0.3, 0.4) is 0 Å². The fourth-order valence-electron chi connectivity index (χ4n) is 4.23. The van der Waals surface area contributed by atoms with Gasteiger partial charge in [0.05, 0.1) is 7.11 Å². The first-order valence-electron chi connectivity index (χ1n) is 10.4. The number of rotatable bonds is 6. The maximum Gasteiger partial charge on any atom is 0.266 e. The van der Waals surface area contributed by atoms with Crippen molar-refractivity contribution >= 4 is 44.7 Å². The van der Waals surface area contributed by atoms with Gasteiger partial charge in [0.25, 0.3) is 5.56 Å². The zero-order valence-corrected chi connectivity index (χ0v) is 20.2. The summed E-state index contributed by atoms with van der Waals surface area (Å²) >= 11 is 1.47. The Morgan fingerprint density at radius 2 is 1.68 bits per heavy atom. The first-order valence-corrected chi connectivity index (χ1v) is 11.2. The van der Waals surface area contributed by atoms with E-state index >= 15 is 0 Å². The van der Waals surface area contributed by atoms with E-state index in [4.69, 9.17) is 4.74 Å². The highest BCUT2D eigenvalue weighted by Gasteiger charge is 2.17. The molecule has 0 aliphatic rings. The molecule has 0 atom stereocenters. The van der Waals surface area contributed by atoms with Crippen molar-refractivity contribution < 1.29 is 4.74 Å². The number of fused-ring (bicyclic) bond motifs is 3. The van der Waals surface area contributed by atoms with E-state index in [0.29, 0.717) is 12.1 Å². The minimum Gasteiger partial charge on any atom is -0.496 e. The Balaban J connectivity index is 0.00000272. The first-order chi connectivity index (χ1) is 14.4. The van der Waals surface area contributed by atoms with Gasteiger partial charge in [0, 0.05) is 40.5 Å². The Kier molecular flexibility index (Phi) is 7.10. The predicted octanol–water partition coefficient (Wildman–Crippen LogP) is 6.46. The molecule has 6 heteroatoms. The predicted molar refractivity (Wildman–Crippen MR) is 135 cm³/mol. The van der Waals surface area contributed by atoms with Crippen molar-refractivity contribution in [3.8, 4) is 16.9 Å². The lowest BCUT2D eigenvalue weighted by molar-refractivity contribution is 0.166. The Morgan fingerprint density at radius 3 is 2.29 bits per heavy atom. The Hall–Kier alpha value is -2.34. The lowest BCUT2D eigenvalue weighted by atomic mass is 9.96. The van der Waals surface area contributed by atoms with Crippen LogP contribution in [0.15, 0.2) is 52.6 Å². The number of nitrogens with zero attached hydrogens (tertiary/aromatic N) is 1. The molecule has 0 bridgehead atoms. The molecule has 0 saturated carbocycles. The number of nitrogens with one attached hydrogen (secondary N) is 1. The van der Waals surface area contributed by atoms with E-state index < -0.39 is 0 Å². The Labute approximate surface area is 193 Å². The molecule has 0 fully saturated rings. The molecule has 0 aliphatic heterocycles. The summed E-state index contributed by atoms with van der Waals surface area (Å²) in [5.41, 5.74) is 4.18.